The van der Waals surface area contributed by atoms with Gasteiger partial charge in [0.05, 0.1) is 11.3 Å². The summed E-state index contributed by atoms with van der Waals surface area (Å²) < 4.78 is 0.932. The number of unbranched alkanes of at least 4 members (excludes halogenated alkanes) is 1. The Morgan fingerprint density at radius 2 is 1.90 bits per heavy atom. The first-order valence-electron chi connectivity index (χ1n) is 6.78. The molecule has 2 aromatic carbocycles. The molecular formula is C17H17BrN2. The summed E-state index contributed by atoms with van der Waals surface area (Å²) in [5.41, 5.74) is 2.79. The van der Waals surface area contributed by atoms with E-state index < -0.39 is 0 Å². The molecule has 2 nitrogen and oxygen atoms in total. The molecular weight excluding hydrogens is 312 g/mol. The molecule has 0 heterocycles. The van der Waals surface area contributed by atoms with Gasteiger partial charge < -0.3 is 4.90 Å². The smallest absolute Gasteiger partial charge is 0.101 e. The molecule has 0 fully saturated rings. The van der Waals surface area contributed by atoms with Gasteiger partial charge in [0.1, 0.15) is 6.07 Å². The van der Waals surface area contributed by atoms with E-state index in [4.69, 9.17) is 0 Å². The largest absolute Gasteiger partial charge is 0.340 e. The monoisotopic (exact) mass is 328 g/mol. The summed E-state index contributed by atoms with van der Waals surface area (Å²) in [5.74, 6) is 0. The molecule has 0 aliphatic carbocycles. The Kier molecular flexibility index (Phi) is 5.20. The van der Waals surface area contributed by atoms with Crippen LogP contribution in [0.15, 0.2) is 53.0 Å². The lowest BCUT2D eigenvalue weighted by Crippen LogP contribution is -2.19. The van der Waals surface area contributed by atoms with Gasteiger partial charge in [0, 0.05) is 16.7 Å². The lowest BCUT2D eigenvalue weighted by molar-refractivity contribution is 0.785. The molecule has 0 spiro atoms. The van der Waals surface area contributed by atoms with Gasteiger partial charge in [-0.25, -0.2) is 0 Å². The predicted molar refractivity (Wildman–Crippen MR) is 87.2 cm³/mol. The number of hydrogen-bond donors (Lipinski definition) is 0. The van der Waals surface area contributed by atoms with Crippen molar-refractivity contribution in [2.45, 2.75) is 19.8 Å². The van der Waals surface area contributed by atoms with Crippen molar-refractivity contribution in [2.75, 3.05) is 11.4 Å². The third-order valence-electron chi connectivity index (χ3n) is 3.17. The summed E-state index contributed by atoms with van der Waals surface area (Å²) in [4.78, 5) is 2.22. The maximum absolute atomic E-state index is 9.37. The molecule has 0 saturated carbocycles. The fourth-order valence-corrected chi connectivity index (χ4v) is 2.51. The summed E-state index contributed by atoms with van der Waals surface area (Å²) in [6, 6.07) is 18.4. The fourth-order valence-electron chi connectivity index (χ4n) is 2.15. The van der Waals surface area contributed by atoms with E-state index in [1.807, 2.05) is 36.4 Å². The van der Waals surface area contributed by atoms with E-state index in [9.17, 15) is 5.26 Å². The van der Waals surface area contributed by atoms with Crippen molar-refractivity contribution in [1.82, 2.24) is 0 Å². The lowest BCUT2D eigenvalue weighted by atomic mass is 10.1. The third-order valence-corrected chi connectivity index (χ3v) is 3.67. The average Bonchev–Trinajstić information content (AvgIpc) is 2.49. The van der Waals surface area contributed by atoms with Gasteiger partial charge in [0.25, 0.3) is 0 Å². The zero-order valence-electron chi connectivity index (χ0n) is 11.5. The molecule has 0 radical (unpaired) electrons. The first-order chi connectivity index (χ1) is 9.76. The van der Waals surface area contributed by atoms with Crippen molar-refractivity contribution >= 4 is 27.3 Å². The van der Waals surface area contributed by atoms with E-state index in [1.54, 1.807) is 0 Å². The number of benzene rings is 2. The molecule has 0 atom stereocenters. The number of para-hydroxylation sites is 1. The van der Waals surface area contributed by atoms with E-state index in [2.05, 4.69) is 46.0 Å². The van der Waals surface area contributed by atoms with Crippen molar-refractivity contribution in [2.24, 2.45) is 0 Å². The highest BCUT2D eigenvalue weighted by atomic mass is 79.9. The number of hydrogen-bond acceptors (Lipinski definition) is 2. The maximum atomic E-state index is 9.37. The van der Waals surface area contributed by atoms with Gasteiger partial charge in [0.2, 0.25) is 0 Å². The molecule has 2 rings (SSSR count). The summed E-state index contributed by atoms with van der Waals surface area (Å²) in [6.07, 6.45) is 2.22. The van der Waals surface area contributed by atoms with Gasteiger partial charge in [-0.2, -0.15) is 5.26 Å². The molecule has 0 N–H and O–H groups in total. The van der Waals surface area contributed by atoms with E-state index in [0.29, 0.717) is 5.56 Å². The van der Waals surface area contributed by atoms with E-state index in [-0.39, 0.29) is 0 Å². The molecule has 0 aliphatic heterocycles. The topological polar surface area (TPSA) is 27.0 Å². The van der Waals surface area contributed by atoms with Gasteiger partial charge in [-0.05, 0) is 36.8 Å². The minimum atomic E-state index is 0.694. The molecule has 0 amide bonds. The molecule has 20 heavy (non-hydrogen) atoms. The second-order valence-corrected chi connectivity index (χ2v) is 5.53. The summed E-state index contributed by atoms with van der Waals surface area (Å²) in [6.45, 7) is 3.09. The van der Waals surface area contributed by atoms with Gasteiger partial charge in [-0.3, -0.25) is 0 Å². The van der Waals surface area contributed by atoms with Crippen LogP contribution in [0.25, 0.3) is 0 Å². The van der Waals surface area contributed by atoms with E-state index in [1.165, 1.54) is 0 Å². The van der Waals surface area contributed by atoms with E-state index in [0.717, 1.165) is 35.2 Å². The zero-order chi connectivity index (χ0) is 14.4. The standard InChI is InChI=1S/C17H17BrN2/c1-2-3-11-20(16-7-5-4-6-8-16)17-10-9-15(18)12-14(17)13-19/h4-10,12H,2-3,11H2,1H3. The van der Waals surface area contributed by atoms with Crippen LogP contribution >= 0.6 is 15.9 Å². The second kappa shape index (κ2) is 7.12. The second-order valence-electron chi connectivity index (χ2n) is 4.61. The van der Waals surface area contributed by atoms with Crippen LogP contribution in [-0.4, -0.2) is 6.54 Å². The third kappa shape index (κ3) is 3.40. The van der Waals surface area contributed by atoms with Crippen LogP contribution in [0, 0.1) is 11.3 Å². The summed E-state index contributed by atoms with van der Waals surface area (Å²) in [5, 5.41) is 9.37. The maximum Gasteiger partial charge on any atom is 0.101 e. The molecule has 3 heteroatoms. The number of nitrogens with zero attached hydrogens (tertiary/aromatic N) is 2. The van der Waals surface area contributed by atoms with Gasteiger partial charge >= 0.3 is 0 Å². The quantitative estimate of drug-likeness (QED) is 0.748. The first kappa shape index (κ1) is 14.6. The van der Waals surface area contributed by atoms with Gasteiger partial charge in [-0.15, -0.1) is 0 Å². The SMILES string of the molecule is CCCCN(c1ccccc1)c1ccc(Br)cc1C#N. The normalized spacial score (nSPS) is 10.1. The Labute approximate surface area is 128 Å². The minimum Gasteiger partial charge on any atom is -0.340 e. The van der Waals surface area contributed by atoms with Crippen LogP contribution in [0.2, 0.25) is 0 Å². The van der Waals surface area contributed by atoms with Crippen molar-refractivity contribution in [3.05, 3.63) is 58.6 Å². The van der Waals surface area contributed by atoms with Crippen LogP contribution in [-0.2, 0) is 0 Å². The molecule has 0 aromatic heterocycles. The van der Waals surface area contributed by atoms with E-state index >= 15 is 0 Å². The molecule has 0 saturated heterocycles. The Morgan fingerprint density at radius 3 is 2.55 bits per heavy atom. The zero-order valence-corrected chi connectivity index (χ0v) is 13.1. The lowest BCUT2D eigenvalue weighted by Gasteiger charge is -2.26. The van der Waals surface area contributed by atoms with Crippen LogP contribution in [0.4, 0.5) is 11.4 Å². The average molecular weight is 329 g/mol. The van der Waals surface area contributed by atoms with Gasteiger partial charge in [0.15, 0.2) is 0 Å². The fraction of sp³-hybridized carbons (Fsp3) is 0.235. The number of nitriles is 1. The van der Waals surface area contributed by atoms with Crippen LogP contribution in [0.5, 0.6) is 0 Å². The molecule has 102 valence electrons. The first-order valence-corrected chi connectivity index (χ1v) is 7.57. The Morgan fingerprint density at radius 1 is 1.15 bits per heavy atom. The Hall–Kier alpha value is -1.79. The summed E-state index contributed by atoms with van der Waals surface area (Å²) >= 11 is 3.43. The van der Waals surface area contributed by atoms with Crippen LogP contribution in [0.3, 0.4) is 0 Å². The Balaban J connectivity index is 2.44. The molecule has 0 aliphatic rings. The predicted octanol–water partition coefficient (Wildman–Crippen LogP) is 5.26. The van der Waals surface area contributed by atoms with Crippen molar-refractivity contribution in [3.63, 3.8) is 0 Å². The van der Waals surface area contributed by atoms with Crippen LogP contribution < -0.4 is 4.90 Å². The highest BCUT2D eigenvalue weighted by Crippen LogP contribution is 2.30. The summed E-state index contributed by atoms with van der Waals surface area (Å²) in [7, 11) is 0. The van der Waals surface area contributed by atoms with Crippen molar-refractivity contribution in [3.8, 4) is 6.07 Å². The van der Waals surface area contributed by atoms with Crippen molar-refractivity contribution in [1.29, 1.82) is 5.26 Å². The Bertz CT molecular complexity index is 602. The van der Waals surface area contributed by atoms with Crippen LogP contribution in [0.1, 0.15) is 25.3 Å². The minimum absolute atomic E-state index is 0.694. The highest BCUT2D eigenvalue weighted by Gasteiger charge is 2.13. The van der Waals surface area contributed by atoms with Gasteiger partial charge in [-0.1, -0.05) is 47.5 Å². The van der Waals surface area contributed by atoms with Crippen molar-refractivity contribution < 1.29 is 0 Å². The number of rotatable bonds is 5. The number of anilines is 2. The highest BCUT2D eigenvalue weighted by molar-refractivity contribution is 9.10. The number of halogens is 1. The molecule has 2 aromatic rings. The molecule has 0 unspecified atom stereocenters. The molecule has 0 bridgehead atoms.